The summed E-state index contributed by atoms with van der Waals surface area (Å²) in [4.78, 5) is 15.8. The van der Waals surface area contributed by atoms with Crippen LogP contribution in [-0.4, -0.2) is 31.2 Å². The number of fused-ring (bicyclic) bond motifs is 1. The lowest BCUT2D eigenvalue weighted by Crippen LogP contribution is -2.27. The lowest BCUT2D eigenvalue weighted by molar-refractivity contribution is -0.121. The minimum atomic E-state index is 0.0356. The van der Waals surface area contributed by atoms with Crippen LogP contribution in [0.25, 0.3) is 11.1 Å². The number of aryl methyl sites for hydroxylation is 2. The summed E-state index contributed by atoms with van der Waals surface area (Å²) in [5, 5.41) is 2.80. The number of nitrogens with one attached hydrogen (secondary N) is 1. The molecule has 0 aliphatic carbocycles. The molecule has 0 spiro atoms. The molecule has 0 aliphatic heterocycles. The highest BCUT2D eigenvalue weighted by Gasteiger charge is 2.05. The zero-order valence-electron chi connectivity index (χ0n) is 11.2. The average molecular weight is 262 g/mol. The second-order valence-corrected chi connectivity index (χ2v) is 4.38. The Morgan fingerprint density at radius 2 is 2.32 bits per heavy atom. The van der Waals surface area contributed by atoms with Crippen molar-refractivity contribution in [3.05, 3.63) is 29.7 Å². The zero-order chi connectivity index (χ0) is 13.7. The summed E-state index contributed by atoms with van der Waals surface area (Å²) < 4.78 is 10.3. The number of aromatic nitrogens is 1. The molecule has 0 radical (unpaired) electrons. The van der Waals surface area contributed by atoms with Gasteiger partial charge in [-0.1, -0.05) is 6.07 Å². The predicted molar refractivity (Wildman–Crippen MR) is 72.0 cm³/mol. The Hall–Kier alpha value is -1.88. The van der Waals surface area contributed by atoms with Gasteiger partial charge in [0, 0.05) is 27.0 Å². The van der Waals surface area contributed by atoms with Gasteiger partial charge in [-0.25, -0.2) is 4.98 Å². The van der Waals surface area contributed by atoms with Gasteiger partial charge in [0.2, 0.25) is 5.91 Å². The summed E-state index contributed by atoms with van der Waals surface area (Å²) >= 11 is 0. The fraction of sp³-hybridized carbons (Fsp3) is 0.429. The first-order chi connectivity index (χ1) is 9.19. The van der Waals surface area contributed by atoms with Gasteiger partial charge in [0.05, 0.1) is 6.61 Å². The number of oxazole rings is 1. The normalized spacial score (nSPS) is 10.8. The Bertz CT molecular complexity index is 563. The number of hydrogen-bond acceptors (Lipinski definition) is 4. The van der Waals surface area contributed by atoms with Gasteiger partial charge in [0.1, 0.15) is 5.52 Å². The minimum Gasteiger partial charge on any atom is -0.441 e. The van der Waals surface area contributed by atoms with Gasteiger partial charge in [-0.05, 0) is 24.1 Å². The average Bonchev–Trinajstić information content (AvgIpc) is 2.76. The van der Waals surface area contributed by atoms with E-state index in [4.69, 9.17) is 9.15 Å². The van der Waals surface area contributed by atoms with Gasteiger partial charge in [0.25, 0.3) is 0 Å². The van der Waals surface area contributed by atoms with Crippen molar-refractivity contribution in [3.63, 3.8) is 0 Å². The van der Waals surface area contributed by atoms with Crippen LogP contribution in [0, 0.1) is 6.92 Å². The standard InChI is InChI=1S/C14H18N2O3/c1-10-16-12-9-11(3-5-13(12)19-10)4-6-14(17)15-7-8-18-2/h3,5,9H,4,6-8H2,1-2H3,(H,15,17). The molecule has 0 aliphatic rings. The van der Waals surface area contributed by atoms with E-state index in [-0.39, 0.29) is 5.91 Å². The van der Waals surface area contributed by atoms with E-state index in [0.717, 1.165) is 16.7 Å². The second kappa shape index (κ2) is 6.33. The summed E-state index contributed by atoms with van der Waals surface area (Å²) in [6.45, 7) is 2.91. The van der Waals surface area contributed by atoms with Crippen molar-refractivity contribution >= 4 is 17.0 Å². The maximum Gasteiger partial charge on any atom is 0.220 e. The maximum absolute atomic E-state index is 11.6. The van der Waals surface area contributed by atoms with Crippen molar-refractivity contribution in [2.24, 2.45) is 0 Å². The molecule has 0 saturated carbocycles. The molecule has 0 unspecified atom stereocenters. The smallest absolute Gasteiger partial charge is 0.220 e. The van der Waals surface area contributed by atoms with Crippen LogP contribution in [0.2, 0.25) is 0 Å². The molecule has 2 rings (SSSR count). The Labute approximate surface area is 112 Å². The molecular formula is C14H18N2O3. The molecule has 0 bridgehead atoms. The van der Waals surface area contributed by atoms with Crippen LogP contribution in [0.5, 0.6) is 0 Å². The molecule has 19 heavy (non-hydrogen) atoms. The summed E-state index contributed by atoms with van der Waals surface area (Å²) in [6, 6.07) is 5.83. The largest absolute Gasteiger partial charge is 0.441 e. The molecule has 102 valence electrons. The van der Waals surface area contributed by atoms with Crippen molar-refractivity contribution in [1.82, 2.24) is 10.3 Å². The van der Waals surface area contributed by atoms with E-state index >= 15 is 0 Å². The van der Waals surface area contributed by atoms with Crippen LogP contribution in [-0.2, 0) is 16.0 Å². The van der Waals surface area contributed by atoms with E-state index in [1.807, 2.05) is 25.1 Å². The van der Waals surface area contributed by atoms with Gasteiger partial charge >= 0.3 is 0 Å². The Balaban J connectivity index is 1.88. The number of amides is 1. The molecule has 0 atom stereocenters. The number of carbonyl (C=O) groups is 1. The fourth-order valence-corrected chi connectivity index (χ4v) is 1.88. The molecule has 1 aromatic carbocycles. The van der Waals surface area contributed by atoms with E-state index in [0.29, 0.717) is 31.9 Å². The fourth-order valence-electron chi connectivity index (χ4n) is 1.88. The van der Waals surface area contributed by atoms with Gasteiger partial charge in [-0.15, -0.1) is 0 Å². The first-order valence-electron chi connectivity index (χ1n) is 6.31. The first-order valence-corrected chi connectivity index (χ1v) is 6.31. The number of carbonyl (C=O) groups excluding carboxylic acids is 1. The summed E-state index contributed by atoms with van der Waals surface area (Å²) in [5.41, 5.74) is 2.71. The van der Waals surface area contributed by atoms with Crippen LogP contribution >= 0.6 is 0 Å². The molecule has 1 aromatic heterocycles. The molecule has 1 heterocycles. The third kappa shape index (κ3) is 3.79. The van der Waals surface area contributed by atoms with Crippen molar-refractivity contribution in [3.8, 4) is 0 Å². The minimum absolute atomic E-state index is 0.0356. The van der Waals surface area contributed by atoms with E-state index < -0.39 is 0 Å². The first kappa shape index (κ1) is 13.5. The van der Waals surface area contributed by atoms with Crippen molar-refractivity contribution in [2.45, 2.75) is 19.8 Å². The molecule has 5 nitrogen and oxygen atoms in total. The van der Waals surface area contributed by atoms with Gasteiger partial charge in [-0.2, -0.15) is 0 Å². The summed E-state index contributed by atoms with van der Waals surface area (Å²) in [7, 11) is 1.61. The highest BCUT2D eigenvalue weighted by molar-refractivity contribution is 5.77. The molecule has 2 aromatic rings. The van der Waals surface area contributed by atoms with Crippen LogP contribution in [0.4, 0.5) is 0 Å². The number of hydrogen-bond donors (Lipinski definition) is 1. The van der Waals surface area contributed by atoms with Gasteiger partial charge < -0.3 is 14.5 Å². The summed E-state index contributed by atoms with van der Waals surface area (Å²) in [6.07, 6.45) is 1.16. The van der Waals surface area contributed by atoms with Crippen LogP contribution in [0.15, 0.2) is 22.6 Å². The van der Waals surface area contributed by atoms with Crippen LogP contribution in [0.3, 0.4) is 0 Å². The monoisotopic (exact) mass is 262 g/mol. The number of benzene rings is 1. The molecule has 0 fully saturated rings. The quantitative estimate of drug-likeness (QED) is 0.807. The zero-order valence-corrected chi connectivity index (χ0v) is 11.2. The third-order valence-corrected chi connectivity index (χ3v) is 2.83. The molecule has 5 heteroatoms. The van der Waals surface area contributed by atoms with E-state index in [1.165, 1.54) is 0 Å². The van der Waals surface area contributed by atoms with Crippen molar-refractivity contribution in [2.75, 3.05) is 20.3 Å². The van der Waals surface area contributed by atoms with Gasteiger partial charge in [0.15, 0.2) is 11.5 Å². The van der Waals surface area contributed by atoms with Crippen LogP contribution < -0.4 is 5.32 Å². The lowest BCUT2D eigenvalue weighted by atomic mass is 10.1. The van der Waals surface area contributed by atoms with Crippen molar-refractivity contribution in [1.29, 1.82) is 0 Å². The number of ether oxygens (including phenoxy) is 1. The van der Waals surface area contributed by atoms with Crippen molar-refractivity contribution < 1.29 is 13.9 Å². The highest BCUT2D eigenvalue weighted by atomic mass is 16.5. The topological polar surface area (TPSA) is 64.4 Å². The third-order valence-electron chi connectivity index (χ3n) is 2.83. The molecule has 1 amide bonds. The molecule has 1 N–H and O–H groups in total. The Kier molecular flexibility index (Phi) is 4.52. The number of nitrogens with zero attached hydrogens (tertiary/aromatic N) is 1. The Morgan fingerprint density at radius 3 is 3.11 bits per heavy atom. The summed E-state index contributed by atoms with van der Waals surface area (Å²) in [5.74, 6) is 0.693. The predicted octanol–water partition coefficient (Wildman–Crippen LogP) is 1.83. The molecular weight excluding hydrogens is 244 g/mol. The van der Waals surface area contributed by atoms with E-state index in [9.17, 15) is 4.79 Å². The maximum atomic E-state index is 11.6. The second-order valence-electron chi connectivity index (χ2n) is 4.38. The lowest BCUT2D eigenvalue weighted by Gasteiger charge is -2.04. The van der Waals surface area contributed by atoms with Crippen LogP contribution in [0.1, 0.15) is 17.9 Å². The van der Waals surface area contributed by atoms with Gasteiger partial charge in [-0.3, -0.25) is 4.79 Å². The molecule has 0 saturated heterocycles. The Morgan fingerprint density at radius 1 is 1.47 bits per heavy atom. The highest BCUT2D eigenvalue weighted by Crippen LogP contribution is 2.17. The number of rotatable bonds is 6. The number of methoxy groups -OCH3 is 1. The SMILES string of the molecule is COCCNC(=O)CCc1ccc2oc(C)nc2c1. The van der Waals surface area contributed by atoms with E-state index in [2.05, 4.69) is 10.3 Å². The van der Waals surface area contributed by atoms with E-state index in [1.54, 1.807) is 7.11 Å².